The lowest BCUT2D eigenvalue weighted by Gasteiger charge is -2.25. The van der Waals surface area contributed by atoms with Crippen LogP contribution in [0.4, 0.5) is 25.0 Å². The van der Waals surface area contributed by atoms with Crippen LogP contribution in [-0.2, 0) is 6.54 Å². The van der Waals surface area contributed by atoms with E-state index in [-0.39, 0.29) is 11.7 Å². The van der Waals surface area contributed by atoms with Crippen LogP contribution in [0, 0.1) is 11.6 Å². The predicted molar refractivity (Wildman–Crippen MR) is 148 cm³/mol. The molecule has 2 N–H and O–H groups in total. The average Bonchev–Trinajstić information content (AvgIpc) is 2.90. The largest absolute Gasteiger partial charge is 0.497 e. The lowest BCUT2D eigenvalue weighted by Crippen LogP contribution is -2.36. The van der Waals surface area contributed by atoms with Gasteiger partial charge in [-0.1, -0.05) is 29.8 Å². The van der Waals surface area contributed by atoms with Gasteiger partial charge in [0.15, 0.2) is 0 Å². The Labute approximate surface area is 225 Å². The van der Waals surface area contributed by atoms with Gasteiger partial charge in [0.25, 0.3) is 0 Å². The molecule has 198 valence electrons. The van der Waals surface area contributed by atoms with E-state index >= 15 is 0 Å². The zero-order chi connectivity index (χ0) is 27.1. The summed E-state index contributed by atoms with van der Waals surface area (Å²) in [6.07, 6.45) is 3.18. The first-order valence-electron chi connectivity index (χ1n) is 12.3. The smallest absolute Gasteiger partial charge is 0.322 e. The number of carbonyl (C=O) groups is 1. The fraction of sp³-hybridized carbons (Fsp3) is 0.241. The number of urea groups is 1. The van der Waals surface area contributed by atoms with Gasteiger partial charge in [-0.3, -0.25) is 4.98 Å². The Kier molecular flexibility index (Phi) is 8.97. The lowest BCUT2D eigenvalue weighted by molar-refractivity contribution is 0.207. The quantitative estimate of drug-likeness (QED) is 0.219. The van der Waals surface area contributed by atoms with Crippen molar-refractivity contribution >= 4 is 39.9 Å². The molecule has 0 aliphatic heterocycles. The van der Waals surface area contributed by atoms with E-state index in [0.29, 0.717) is 24.5 Å². The summed E-state index contributed by atoms with van der Waals surface area (Å²) in [5.41, 5.74) is 2.52. The first kappa shape index (κ1) is 27.1. The van der Waals surface area contributed by atoms with Gasteiger partial charge < -0.3 is 20.3 Å². The van der Waals surface area contributed by atoms with Crippen LogP contribution in [-0.4, -0.2) is 35.6 Å². The number of benzene rings is 3. The van der Waals surface area contributed by atoms with Crippen molar-refractivity contribution in [3.8, 4) is 5.75 Å². The fourth-order valence-electron chi connectivity index (χ4n) is 4.17. The maximum atomic E-state index is 14.2. The minimum atomic E-state index is -0.832. The Bertz CT molecular complexity index is 1400. The minimum absolute atomic E-state index is 0.0716. The number of ether oxygens (including phenoxy) is 1. The van der Waals surface area contributed by atoms with Gasteiger partial charge in [-0.25, -0.2) is 13.6 Å². The average molecular weight is 539 g/mol. The molecule has 1 heterocycles. The molecule has 2 amide bonds. The highest BCUT2D eigenvalue weighted by Gasteiger charge is 2.17. The highest BCUT2D eigenvalue weighted by atomic mass is 35.5. The fourth-order valence-corrected chi connectivity index (χ4v) is 4.29. The number of halogens is 3. The molecule has 6 nitrogen and oxygen atoms in total. The summed E-state index contributed by atoms with van der Waals surface area (Å²) in [6.45, 7) is 2.78. The van der Waals surface area contributed by atoms with Crippen molar-refractivity contribution in [2.75, 3.05) is 24.3 Å². The van der Waals surface area contributed by atoms with E-state index in [1.807, 2.05) is 36.4 Å². The monoisotopic (exact) mass is 538 g/mol. The van der Waals surface area contributed by atoms with Gasteiger partial charge in [0, 0.05) is 47.9 Å². The molecule has 0 saturated heterocycles. The SMILES string of the molecule is COc1cc(NC(C)CCCN(Cc2ccc(Cl)cc2)C(=O)Nc2ccc(F)cc2F)c2ncccc2c1. The van der Waals surface area contributed by atoms with Crippen LogP contribution in [0.3, 0.4) is 0 Å². The van der Waals surface area contributed by atoms with Gasteiger partial charge in [-0.2, -0.15) is 0 Å². The van der Waals surface area contributed by atoms with Crippen molar-refractivity contribution in [2.45, 2.75) is 32.4 Å². The Morgan fingerprint density at radius 3 is 2.61 bits per heavy atom. The molecular weight excluding hydrogens is 510 g/mol. The molecule has 1 atom stereocenters. The molecule has 0 aliphatic rings. The van der Waals surface area contributed by atoms with Crippen molar-refractivity contribution in [3.63, 3.8) is 0 Å². The molecule has 1 unspecified atom stereocenters. The number of amides is 2. The molecule has 1 aromatic heterocycles. The Morgan fingerprint density at radius 2 is 1.87 bits per heavy atom. The number of rotatable bonds is 10. The Balaban J connectivity index is 1.43. The van der Waals surface area contributed by atoms with Crippen molar-refractivity contribution in [3.05, 3.63) is 95.1 Å². The van der Waals surface area contributed by atoms with E-state index < -0.39 is 17.7 Å². The second kappa shape index (κ2) is 12.6. The number of nitrogens with one attached hydrogen (secondary N) is 2. The number of hydrogen-bond donors (Lipinski definition) is 2. The normalized spacial score (nSPS) is 11.7. The van der Waals surface area contributed by atoms with Crippen molar-refractivity contribution in [2.24, 2.45) is 0 Å². The molecule has 3 aromatic carbocycles. The van der Waals surface area contributed by atoms with Gasteiger partial charge in [0.2, 0.25) is 0 Å². The molecule has 9 heteroatoms. The Morgan fingerprint density at radius 1 is 1.08 bits per heavy atom. The Hall–Kier alpha value is -3.91. The van der Waals surface area contributed by atoms with Crippen molar-refractivity contribution in [1.29, 1.82) is 0 Å². The summed E-state index contributed by atoms with van der Waals surface area (Å²) in [7, 11) is 1.63. The van der Waals surface area contributed by atoms with Crippen LogP contribution in [0.5, 0.6) is 5.75 Å². The number of nitrogens with zero attached hydrogens (tertiary/aromatic N) is 2. The number of pyridine rings is 1. The highest BCUT2D eigenvalue weighted by molar-refractivity contribution is 6.30. The van der Waals surface area contributed by atoms with Gasteiger partial charge >= 0.3 is 6.03 Å². The van der Waals surface area contributed by atoms with E-state index in [4.69, 9.17) is 16.3 Å². The number of methoxy groups -OCH3 is 1. The van der Waals surface area contributed by atoms with Crippen LogP contribution in [0.2, 0.25) is 5.02 Å². The highest BCUT2D eigenvalue weighted by Crippen LogP contribution is 2.28. The molecule has 38 heavy (non-hydrogen) atoms. The standard InChI is InChI=1S/C29H29ClF2N4O2/c1-19(34-27-17-24(38-2)15-21-6-3-13-33-28(21)27)5-4-14-36(18-20-7-9-22(30)10-8-20)29(37)35-26-12-11-23(31)16-25(26)32/h3,6-13,15-17,19,34H,4-5,14,18H2,1-2H3,(H,35,37). The summed E-state index contributed by atoms with van der Waals surface area (Å²) < 4.78 is 32.9. The molecular formula is C29H29ClF2N4O2. The number of anilines is 2. The summed E-state index contributed by atoms with van der Waals surface area (Å²) in [5, 5.41) is 7.64. The molecule has 0 saturated carbocycles. The summed E-state index contributed by atoms with van der Waals surface area (Å²) in [5.74, 6) is -0.806. The van der Waals surface area contributed by atoms with E-state index in [0.717, 1.165) is 46.5 Å². The summed E-state index contributed by atoms with van der Waals surface area (Å²) in [6, 6.07) is 17.6. The second-order valence-corrected chi connectivity index (χ2v) is 9.48. The third-order valence-corrected chi connectivity index (χ3v) is 6.38. The third-order valence-electron chi connectivity index (χ3n) is 6.13. The van der Waals surface area contributed by atoms with Crippen LogP contribution in [0.1, 0.15) is 25.3 Å². The van der Waals surface area contributed by atoms with Crippen LogP contribution in [0.15, 0.2) is 72.9 Å². The molecule has 0 spiro atoms. The first-order valence-corrected chi connectivity index (χ1v) is 12.6. The van der Waals surface area contributed by atoms with E-state index in [1.165, 1.54) is 6.07 Å². The van der Waals surface area contributed by atoms with Crippen LogP contribution >= 0.6 is 11.6 Å². The van der Waals surface area contributed by atoms with Gasteiger partial charge in [0.1, 0.15) is 17.4 Å². The van der Waals surface area contributed by atoms with E-state index in [1.54, 1.807) is 30.3 Å². The zero-order valence-electron chi connectivity index (χ0n) is 21.2. The molecule has 0 fully saturated rings. The molecule has 4 rings (SSSR count). The molecule has 0 bridgehead atoms. The van der Waals surface area contributed by atoms with Crippen LogP contribution in [0.25, 0.3) is 10.9 Å². The number of fused-ring (bicyclic) bond motifs is 1. The van der Waals surface area contributed by atoms with Crippen molar-refractivity contribution in [1.82, 2.24) is 9.88 Å². The maximum absolute atomic E-state index is 14.2. The number of aromatic nitrogens is 1. The topological polar surface area (TPSA) is 66.5 Å². The second-order valence-electron chi connectivity index (χ2n) is 9.04. The number of hydrogen-bond acceptors (Lipinski definition) is 4. The van der Waals surface area contributed by atoms with Gasteiger partial charge in [-0.15, -0.1) is 0 Å². The summed E-state index contributed by atoms with van der Waals surface area (Å²) >= 11 is 6.00. The van der Waals surface area contributed by atoms with Crippen LogP contribution < -0.4 is 15.4 Å². The zero-order valence-corrected chi connectivity index (χ0v) is 21.9. The lowest BCUT2D eigenvalue weighted by atomic mass is 10.1. The molecule has 4 aromatic rings. The predicted octanol–water partition coefficient (Wildman–Crippen LogP) is 7.49. The maximum Gasteiger partial charge on any atom is 0.322 e. The third kappa shape index (κ3) is 7.10. The first-order chi connectivity index (χ1) is 18.3. The number of carbonyl (C=O) groups excluding carboxylic acids is 1. The minimum Gasteiger partial charge on any atom is -0.497 e. The van der Waals surface area contributed by atoms with Gasteiger partial charge in [-0.05, 0) is 61.7 Å². The summed E-state index contributed by atoms with van der Waals surface area (Å²) in [4.78, 5) is 19.2. The van der Waals surface area contributed by atoms with E-state index in [9.17, 15) is 13.6 Å². The molecule has 0 aliphatic carbocycles. The molecule has 0 radical (unpaired) electrons. The van der Waals surface area contributed by atoms with Gasteiger partial charge in [0.05, 0.1) is 24.0 Å². The van der Waals surface area contributed by atoms with E-state index in [2.05, 4.69) is 22.5 Å². The van der Waals surface area contributed by atoms with Crippen molar-refractivity contribution < 1.29 is 18.3 Å².